The van der Waals surface area contributed by atoms with Gasteiger partial charge < -0.3 is 15.2 Å². The third-order valence-electron chi connectivity index (χ3n) is 2.73. The summed E-state index contributed by atoms with van der Waals surface area (Å²) in [6, 6.07) is 1.21. The van der Waals surface area contributed by atoms with Crippen LogP contribution in [-0.4, -0.2) is 40.7 Å². The van der Waals surface area contributed by atoms with Crippen LogP contribution in [0.1, 0.15) is 25.5 Å². The predicted molar refractivity (Wildman–Crippen MR) is 76.4 cm³/mol. The largest absolute Gasteiger partial charge is 0.481 e. The summed E-state index contributed by atoms with van der Waals surface area (Å²) >= 11 is 0. The quantitative estimate of drug-likeness (QED) is 0.701. The van der Waals surface area contributed by atoms with E-state index in [4.69, 9.17) is 9.84 Å². The van der Waals surface area contributed by atoms with Gasteiger partial charge in [0.05, 0.1) is 7.11 Å². The van der Waals surface area contributed by atoms with Crippen molar-refractivity contribution in [2.45, 2.75) is 26.7 Å². The number of methoxy groups -OCH3 is 1. The molecule has 1 heterocycles. The highest BCUT2D eigenvalue weighted by Gasteiger charge is 2.10. The molecule has 0 aromatic carbocycles. The lowest BCUT2D eigenvalue weighted by Crippen LogP contribution is -2.33. The first kappa shape index (κ1) is 16.7. The highest BCUT2D eigenvalue weighted by Crippen LogP contribution is 2.11. The molecule has 1 atom stereocenters. The van der Waals surface area contributed by atoms with Crippen LogP contribution in [0.3, 0.4) is 0 Å². The molecule has 0 aliphatic rings. The maximum atomic E-state index is 11.7. The first-order chi connectivity index (χ1) is 9.90. The highest BCUT2D eigenvalue weighted by molar-refractivity contribution is 5.87. The Morgan fingerprint density at radius 3 is 2.76 bits per heavy atom. The zero-order valence-electron chi connectivity index (χ0n) is 12.3. The van der Waals surface area contributed by atoms with Crippen molar-refractivity contribution in [2.24, 2.45) is 5.92 Å². The fraction of sp³-hybridized carbons (Fsp3) is 0.538. The Labute approximate surface area is 122 Å². The monoisotopic (exact) mass is 296 g/mol. The van der Waals surface area contributed by atoms with Gasteiger partial charge in [0.15, 0.2) is 0 Å². The van der Waals surface area contributed by atoms with Gasteiger partial charge in [-0.3, -0.25) is 10.1 Å². The van der Waals surface area contributed by atoms with Crippen molar-refractivity contribution in [1.29, 1.82) is 0 Å². The Kier molecular flexibility index (Phi) is 6.38. The Hall–Kier alpha value is -2.38. The van der Waals surface area contributed by atoms with Crippen LogP contribution < -0.4 is 15.4 Å². The number of amides is 2. The zero-order valence-corrected chi connectivity index (χ0v) is 12.3. The number of urea groups is 1. The van der Waals surface area contributed by atoms with Gasteiger partial charge in [-0.25, -0.2) is 9.78 Å². The summed E-state index contributed by atoms with van der Waals surface area (Å²) in [7, 11) is 1.48. The minimum atomic E-state index is -0.841. The third kappa shape index (κ3) is 6.55. The number of carbonyl (C=O) groups excluding carboxylic acids is 1. The number of hydrogen-bond acceptors (Lipinski definition) is 5. The Morgan fingerprint density at radius 2 is 2.14 bits per heavy atom. The molecule has 1 aromatic rings. The van der Waals surface area contributed by atoms with Crippen molar-refractivity contribution in [1.82, 2.24) is 15.3 Å². The summed E-state index contributed by atoms with van der Waals surface area (Å²) in [5, 5.41) is 13.7. The van der Waals surface area contributed by atoms with Crippen LogP contribution in [0.15, 0.2) is 6.07 Å². The van der Waals surface area contributed by atoms with Gasteiger partial charge in [0.2, 0.25) is 11.8 Å². The molecule has 0 aliphatic heterocycles. The van der Waals surface area contributed by atoms with Gasteiger partial charge >= 0.3 is 12.0 Å². The SMILES string of the molecule is COc1cc(C)nc(NC(=O)NCC(C)CCC(=O)O)n1. The second-order valence-electron chi connectivity index (χ2n) is 4.75. The van der Waals surface area contributed by atoms with E-state index >= 15 is 0 Å². The molecule has 0 bridgehead atoms. The number of nitrogens with zero attached hydrogens (tertiary/aromatic N) is 2. The Bertz CT molecular complexity index is 507. The van der Waals surface area contributed by atoms with Crippen LogP contribution in [0.5, 0.6) is 5.88 Å². The number of aliphatic carboxylic acids is 1. The number of anilines is 1. The molecule has 1 rings (SSSR count). The van der Waals surface area contributed by atoms with E-state index in [1.54, 1.807) is 13.0 Å². The fourth-order valence-electron chi connectivity index (χ4n) is 1.58. The minimum absolute atomic E-state index is 0.0693. The molecule has 21 heavy (non-hydrogen) atoms. The van der Waals surface area contributed by atoms with E-state index in [1.165, 1.54) is 7.11 Å². The van der Waals surface area contributed by atoms with Crippen molar-refractivity contribution in [2.75, 3.05) is 19.0 Å². The number of carbonyl (C=O) groups is 2. The van der Waals surface area contributed by atoms with E-state index in [2.05, 4.69) is 20.6 Å². The Balaban J connectivity index is 2.43. The molecule has 2 amide bonds. The van der Waals surface area contributed by atoms with Gasteiger partial charge in [0.25, 0.3) is 0 Å². The van der Waals surface area contributed by atoms with Gasteiger partial charge in [-0.2, -0.15) is 4.98 Å². The highest BCUT2D eigenvalue weighted by atomic mass is 16.5. The second-order valence-corrected chi connectivity index (χ2v) is 4.75. The number of nitrogens with one attached hydrogen (secondary N) is 2. The average Bonchev–Trinajstić information content (AvgIpc) is 2.42. The van der Waals surface area contributed by atoms with Crippen molar-refractivity contribution >= 4 is 17.9 Å². The molecule has 8 heteroatoms. The molecule has 116 valence electrons. The number of carboxylic acid groups (broad SMARTS) is 1. The normalized spacial score (nSPS) is 11.6. The zero-order chi connectivity index (χ0) is 15.8. The summed E-state index contributed by atoms with van der Waals surface area (Å²) in [4.78, 5) is 30.2. The Morgan fingerprint density at radius 1 is 1.43 bits per heavy atom. The molecule has 3 N–H and O–H groups in total. The summed E-state index contributed by atoms with van der Waals surface area (Å²) in [5.41, 5.74) is 0.673. The van der Waals surface area contributed by atoms with Crippen LogP contribution in [-0.2, 0) is 4.79 Å². The van der Waals surface area contributed by atoms with Crippen LogP contribution in [0, 0.1) is 12.8 Å². The molecular weight excluding hydrogens is 276 g/mol. The molecule has 0 fully saturated rings. The number of aryl methyl sites for hydroxylation is 1. The molecule has 8 nitrogen and oxygen atoms in total. The molecule has 0 saturated carbocycles. The van der Waals surface area contributed by atoms with Crippen molar-refractivity contribution < 1.29 is 19.4 Å². The molecule has 0 aliphatic carbocycles. The van der Waals surface area contributed by atoms with Crippen LogP contribution >= 0.6 is 0 Å². The molecule has 1 aromatic heterocycles. The minimum Gasteiger partial charge on any atom is -0.481 e. The van der Waals surface area contributed by atoms with Gasteiger partial charge in [-0.1, -0.05) is 6.92 Å². The van der Waals surface area contributed by atoms with Crippen LogP contribution in [0.2, 0.25) is 0 Å². The first-order valence-electron chi connectivity index (χ1n) is 6.57. The number of hydrogen-bond donors (Lipinski definition) is 3. The standard InChI is InChI=1S/C13H20N4O4/c1-8(4-5-11(18)19)7-14-13(20)17-12-15-9(2)6-10(16-12)21-3/h6,8H,4-5,7H2,1-3H3,(H,18,19)(H2,14,15,16,17,20). The van der Waals surface area contributed by atoms with Crippen molar-refractivity contribution in [3.63, 3.8) is 0 Å². The van der Waals surface area contributed by atoms with E-state index < -0.39 is 12.0 Å². The lowest BCUT2D eigenvalue weighted by molar-refractivity contribution is -0.137. The number of carboxylic acids is 1. The van der Waals surface area contributed by atoms with Gasteiger partial charge in [0.1, 0.15) is 0 Å². The van der Waals surface area contributed by atoms with Gasteiger partial charge in [-0.05, 0) is 19.3 Å². The van der Waals surface area contributed by atoms with E-state index in [-0.39, 0.29) is 18.3 Å². The van der Waals surface area contributed by atoms with Gasteiger partial charge in [0, 0.05) is 24.7 Å². The number of rotatable bonds is 7. The topological polar surface area (TPSA) is 113 Å². The van der Waals surface area contributed by atoms with E-state index in [0.29, 0.717) is 24.5 Å². The van der Waals surface area contributed by atoms with Crippen molar-refractivity contribution in [3.05, 3.63) is 11.8 Å². The van der Waals surface area contributed by atoms with Crippen LogP contribution in [0.25, 0.3) is 0 Å². The third-order valence-corrected chi connectivity index (χ3v) is 2.73. The van der Waals surface area contributed by atoms with Gasteiger partial charge in [-0.15, -0.1) is 0 Å². The van der Waals surface area contributed by atoms with Crippen LogP contribution in [0.4, 0.5) is 10.7 Å². The lowest BCUT2D eigenvalue weighted by Gasteiger charge is -2.12. The van der Waals surface area contributed by atoms with E-state index in [1.807, 2.05) is 6.92 Å². The second kappa shape index (κ2) is 8.03. The van der Waals surface area contributed by atoms with E-state index in [9.17, 15) is 9.59 Å². The lowest BCUT2D eigenvalue weighted by atomic mass is 10.1. The number of ether oxygens (including phenoxy) is 1. The molecule has 0 saturated heterocycles. The maximum Gasteiger partial charge on any atom is 0.321 e. The maximum absolute atomic E-state index is 11.7. The number of aromatic nitrogens is 2. The fourth-order valence-corrected chi connectivity index (χ4v) is 1.58. The summed E-state index contributed by atoms with van der Waals surface area (Å²) < 4.78 is 4.99. The summed E-state index contributed by atoms with van der Waals surface area (Å²) in [6.07, 6.45) is 0.590. The predicted octanol–water partition coefficient (Wildman–Crippen LogP) is 1.42. The molecule has 1 unspecified atom stereocenters. The molecular formula is C13H20N4O4. The molecule has 0 spiro atoms. The summed E-state index contributed by atoms with van der Waals surface area (Å²) in [5.74, 6) is -0.249. The average molecular weight is 296 g/mol. The smallest absolute Gasteiger partial charge is 0.321 e. The first-order valence-corrected chi connectivity index (χ1v) is 6.57. The van der Waals surface area contributed by atoms with E-state index in [0.717, 1.165) is 0 Å². The summed E-state index contributed by atoms with van der Waals surface area (Å²) in [6.45, 7) is 4.01. The molecule has 0 radical (unpaired) electrons. The van der Waals surface area contributed by atoms with Crippen molar-refractivity contribution in [3.8, 4) is 5.88 Å².